The Morgan fingerprint density at radius 1 is 0.636 bits per heavy atom. The number of benzene rings is 4. The van der Waals surface area contributed by atoms with Crippen molar-refractivity contribution < 1.29 is 5.11 Å². The summed E-state index contributed by atoms with van der Waals surface area (Å²) in [5, 5.41) is 15.6. The zero-order chi connectivity index (χ0) is 32.6. The van der Waals surface area contributed by atoms with Crippen LogP contribution in [0.2, 0.25) is 10.0 Å². The summed E-state index contributed by atoms with van der Waals surface area (Å²) in [4.78, 5) is 0. The van der Waals surface area contributed by atoms with Crippen molar-refractivity contribution in [3.63, 3.8) is 0 Å². The molecule has 0 unspecified atom stereocenters. The van der Waals surface area contributed by atoms with Crippen molar-refractivity contribution in [3.05, 3.63) is 93.5 Å². The fraction of sp³-hybridized carbons (Fsp3) is 0.400. The molecule has 0 aliphatic heterocycles. The van der Waals surface area contributed by atoms with Crippen molar-refractivity contribution >= 4 is 45.0 Å². The molecular weight excluding hydrogens is 581 g/mol. The Morgan fingerprint density at radius 3 is 1.55 bits per heavy atom. The van der Waals surface area contributed by atoms with E-state index in [4.69, 9.17) is 23.2 Å². The van der Waals surface area contributed by atoms with Gasteiger partial charge in [0.2, 0.25) is 0 Å². The number of rotatable bonds is 4. The van der Waals surface area contributed by atoms with E-state index in [2.05, 4.69) is 117 Å². The van der Waals surface area contributed by atoms with E-state index in [1.54, 1.807) is 0 Å². The lowest BCUT2D eigenvalue weighted by Crippen LogP contribution is -2.26. The lowest BCUT2D eigenvalue weighted by Gasteiger charge is -2.35. The summed E-state index contributed by atoms with van der Waals surface area (Å²) in [6.07, 6.45) is 0.856. The fourth-order valence-corrected chi connectivity index (χ4v) is 8.07. The molecule has 2 nitrogen and oxygen atoms in total. The summed E-state index contributed by atoms with van der Waals surface area (Å²) >= 11 is 14.9. The molecule has 0 atom stereocenters. The Bertz CT molecular complexity index is 1800. The molecule has 0 bridgehead atoms. The normalized spacial score (nSPS) is 13.3. The van der Waals surface area contributed by atoms with Crippen LogP contribution in [0.5, 0.6) is 5.75 Å². The van der Waals surface area contributed by atoms with Gasteiger partial charge < -0.3 is 9.67 Å². The second kappa shape index (κ2) is 10.8. The number of hydrogen-bond donors (Lipinski definition) is 1. The van der Waals surface area contributed by atoms with Gasteiger partial charge in [-0.3, -0.25) is 0 Å². The largest absolute Gasteiger partial charge is 0.505 e. The molecule has 4 heteroatoms. The highest BCUT2D eigenvalue weighted by atomic mass is 35.5. The maximum Gasteiger partial charge on any atom is 0.150 e. The van der Waals surface area contributed by atoms with Crippen molar-refractivity contribution in [2.24, 2.45) is 5.41 Å². The average Bonchev–Trinajstić information content (AvgIpc) is 3.20. The highest BCUT2D eigenvalue weighted by Gasteiger charge is 2.36. The van der Waals surface area contributed by atoms with Gasteiger partial charge in [0.15, 0.2) is 0 Å². The van der Waals surface area contributed by atoms with Gasteiger partial charge in [0.25, 0.3) is 0 Å². The van der Waals surface area contributed by atoms with Gasteiger partial charge in [0.05, 0.1) is 21.1 Å². The van der Waals surface area contributed by atoms with Crippen LogP contribution in [-0.2, 0) is 16.2 Å². The SMILES string of the molecule is CC(C)(C)CC(C)(C)c1c(Cl)c(-c2ccccc2)c(O)c(-n2c3ccc(C(C)(C)C)cc3c3cc(C(C)(C)C)ccc32)c1Cl. The third-order valence-electron chi connectivity index (χ3n) is 8.76. The van der Waals surface area contributed by atoms with Crippen LogP contribution in [0.25, 0.3) is 38.6 Å². The van der Waals surface area contributed by atoms with E-state index in [1.807, 2.05) is 30.3 Å². The van der Waals surface area contributed by atoms with Gasteiger partial charge in [0, 0.05) is 16.3 Å². The second-order valence-electron chi connectivity index (χ2n) is 16.4. The molecule has 4 aromatic carbocycles. The van der Waals surface area contributed by atoms with Gasteiger partial charge in [-0.25, -0.2) is 0 Å². The van der Waals surface area contributed by atoms with Crippen LogP contribution in [0.4, 0.5) is 0 Å². The highest BCUT2D eigenvalue weighted by molar-refractivity contribution is 6.40. The molecule has 0 aliphatic rings. The van der Waals surface area contributed by atoms with Crippen LogP contribution in [0.1, 0.15) is 99.3 Å². The third-order valence-corrected chi connectivity index (χ3v) is 9.51. The van der Waals surface area contributed by atoms with Crippen LogP contribution in [0.15, 0.2) is 66.7 Å². The second-order valence-corrected chi connectivity index (χ2v) is 17.1. The predicted molar refractivity (Wildman–Crippen MR) is 192 cm³/mol. The molecule has 1 heterocycles. The van der Waals surface area contributed by atoms with E-state index in [0.717, 1.165) is 39.4 Å². The van der Waals surface area contributed by atoms with Crippen molar-refractivity contribution in [1.29, 1.82) is 0 Å². The van der Waals surface area contributed by atoms with E-state index in [1.165, 1.54) is 11.1 Å². The Labute approximate surface area is 274 Å². The van der Waals surface area contributed by atoms with Crippen molar-refractivity contribution in [3.8, 4) is 22.6 Å². The Morgan fingerprint density at radius 2 is 1.11 bits per heavy atom. The van der Waals surface area contributed by atoms with Crippen LogP contribution < -0.4 is 0 Å². The summed E-state index contributed by atoms with van der Waals surface area (Å²) in [5.74, 6) is 0.0834. The van der Waals surface area contributed by atoms with E-state index in [-0.39, 0.29) is 27.4 Å². The molecule has 0 saturated heterocycles. The standard InChI is InChI=1S/C40H47Cl2NO/c1-37(2,3)23-40(10,11)32-33(41)31(24-15-13-12-14-16-24)36(44)35(34(32)42)43-29-19-17-25(38(4,5)6)21-27(29)28-22-26(39(7,8)9)18-20-30(28)43/h12-22,44H,23H2,1-11H3. The van der Waals surface area contributed by atoms with Gasteiger partial charge in [0.1, 0.15) is 11.4 Å². The Hall–Kier alpha value is -2.94. The molecule has 1 N–H and O–H groups in total. The number of fused-ring (bicyclic) bond motifs is 3. The molecule has 5 rings (SSSR count). The van der Waals surface area contributed by atoms with E-state index < -0.39 is 0 Å². The van der Waals surface area contributed by atoms with Gasteiger partial charge in [-0.1, -0.05) is 142 Å². The number of hydrogen-bond acceptors (Lipinski definition) is 1. The first-order valence-electron chi connectivity index (χ1n) is 15.6. The molecule has 0 saturated carbocycles. The van der Waals surface area contributed by atoms with Gasteiger partial charge in [-0.15, -0.1) is 0 Å². The molecule has 232 valence electrons. The third kappa shape index (κ3) is 5.77. The molecule has 0 aliphatic carbocycles. The van der Waals surface area contributed by atoms with Crippen LogP contribution in [-0.4, -0.2) is 9.67 Å². The molecule has 0 radical (unpaired) electrons. The zero-order valence-corrected chi connectivity index (χ0v) is 29.7. The van der Waals surface area contributed by atoms with Crippen LogP contribution >= 0.6 is 23.2 Å². The lowest BCUT2D eigenvalue weighted by atomic mass is 9.71. The number of aromatic nitrogens is 1. The molecule has 1 aromatic heterocycles. The van der Waals surface area contributed by atoms with Crippen LogP contribution in [0, 0.1) is 5.41 Å². The van der Waals surface area contributed by atoms with Crippen molar-refractivity contribution in [1.82, 2.24) is 4.57 Å². The number of phenolic OH excluding ortho intramolecular Hbond substituents is 1. The molecule has 0 spiro atoms. The summed E-state index contributed by atoms with van der Waals surface area (Å²) in [6, 6.07) is 23.3. The van der Waals surface area contributed by atoms with Crippen molar-refractivity contribution in [2.75, 3.05) is 0 Å². The predicted octanol–water partition coefficient (Wildman–Crippen LogP) is 12.8. The molecule has 5 aromatic rings. The number of aromatic hydroxyl groups is 1. The van der Waals surface area contributed by atoms with Gasteiger partial charge >= 0.3 is 0 Å². The highest BCUT2D eigenvalue weighted by Crippen LogP contribution is 2.54. The van der Waals surface area contributed by atoms with Gasteiger partial charge in [-0.05, 0) is 74.6 Å². The average molecular weight is 629 g/mol. The first-order valence-corrected chi connectivity index (χ1v) is 16.4. The summed E-state index contributed by atoms with van der Waals surface area (Å²) in [5.41, 5.74) is 7.01. The monoisotopic (exact) mass is 627 g/mol. The lowest BCUT2D eigenvalue weighted by molar-refractivity contribution is 0.284. The first-order chi connectivity index (χ1) is 20.2. The Balaban J connectivity index is 1.99. The molecule has 44 heavy (non-hydrogen) atoms. The minimum absolute atomic E-state index is 0.0189. The molecule has 0 amide bonds. The van der Waals surface area contributed by atoms with Gasteiger partial charge in [-0.2, -0.15) is 0 Å². The summed E-state index contributed by atoms with van der Waals surface area (Å²) in [7, 11) is 0. The molecule has 0 fully saturated rings. The molecular formula is C40H47Cl2NO. The summed E-state index contributed by atoms with van der Waals surface area (Å²) < 4.78 is 2.15. The topological polar surface area (TPSA) is 25.2 Å². The van der Waals surface area contributed by atoms with E-state index in [9.17, 15) is 5.11 Å². The number of phenols is 1. The minimum Gasteiger partial charge on any atom is -0.505 e. The van der Waals surface area contributed by atoms with Crippen LogP contribution in [0.3, 0.4) is 0 Å². The fourth-order valence-electron chi connectivity index (χ4n) is 6.94. The smallest absolute Gasteiger partial charge is 0.150 e. The summed E-state index contributed by atoms with van der Waals surface area (Å²) in [6.45, 7) is 24.6. The minimum atomic E-state index is -0.379. The quantitative estimate of drug-likeness (QED) is 0.210. The van der Waals surface area contributed by atoms with Crippen molar-refractivity contribution in [2.45, 2.75) is 98.8 Å². The number of halogens is 2. The Kier molecular flexibility index (Phi) is 8.00. The maximum absolute atomic E-state index is 12.3. The van der Waals surface area contributed by atoms with E-state index >= 15 is 0 Å². The number of nitrogens with zero attached hydrogens (tertiary/aromatic N) is 1. The zero-order valence-electron chi connectivity index (χ0n) is 28.2. The first kappa shape index (κ1) is 32.5. The maximum atomic E-state index is 12.3. The van der Waals surface area contributed by atoms with E-state index in [0.29, 0.717) is 21.3 Å².